The fraction of sp³-hybridized carbons (Fsp3) is 0.250. The van der Waals surface area contributed by atoms with Gasteiger partial charge in [0.15, 0.2) is 5.43 Å². The average molecular weight is 204 g/mol. The van der Waals surface area contributed by atoms with Crippen LogP contribution in [-0.4, -0.2) is 11.7 Å². The molecule has 2 aromatic rings. The van der Waals surface area contributed by atoms with Crippen LogP contribution in [0.15, 0.2) is 39.7 Å². The molecule has 3 nitrogen and oxygen atoms in total. The highest BCUT2D eigenvalue weighted by atomic mass is 16.3. The van der Waals surface area contributed by atoms with E-state index in [-0.39, 0.29) is 12.0 Å². The van der Waals surface area contributed by atoms with Crippen LogP contribution >= 0.6 is 0 Å². The molecule has 0 bridgehead atoms. The van der Waals surface area contributed by atoms with Gasteiger partial charge >= 0.3 is 0 Å². The Hall–Kier alpha value is -1.61. The quantitative estimate of drug-likeness (QED) is 0.828. The summed E-state index contributed by atoms with van der Waals surface area (Å²) in [5, 5.41) is 9.30. The van der Waals surface area contributed by atoms with Gasteiger partial charge in [0.05, 0.1) is 11.6 Å². The van der Waals surface area contributed by atoms with Gasteiger partial charge in [0.1, 0.15) is 5.58 Å². The molecule has 1 N–H and O–H groups in total. The summed E-state index contributed by atoms with van der Waals surface area (Å²) in [6, 6.07) is 7.17. The molecule has 0 aliphatic carbocycles. The highest BCUT2D eigenvalue weighted by Gasteiger charge is 2.05. The van der Waals surface area contributed by atoms with E-state index in [9.17, 15) is 4.79 Å². The highest BCUT2D eigenvalue weighted by molar-refractivity contribution is 5.76. The summed E-state index contributed by atoms with van der Waals surface area (Å²) in [4.78, 5) is 11.9. The van der Waals surface area contributed by atoms with Gasteiger partial charge in [-0.3, -0.25) is 4.79 Å². The Morgan fingerprint density at radius 3 is 2.87 bits per heavy atom. The predicted octanol–water partition coefficient (Wildman–Crippen LogP) is 1.72. The van der Waals surface area contributed by atoms with Crippen molar-refractivity contribution < 1.29 is 9.52 Å². The first-order valence-electron chi connectivity index (χ1n) is 4.93. The summed E-state index contributed by atoms with van der Waals surface area (Å²) >= 11 is 0. The fourth-order valence-electron chi connectivity index (χ4n) is 1.56. The fourth-order valence-corrected chi connectivity index (χ4v) is 1.56. The third-order valence-corrected chi connectivity index (χ3v) is 2.36. The lowest BCUT2D eigenvalue weighted by Gasteiger charge is -2.00. The molecule has 0 aliphatic rings. The zero-order valence-corrected chi connectivity index (χ0v) is 8.27. The minimum atomic E-state index is 0.00491. The van der Waals surface area contributed by atoms with E-state index in [0.29, 0.717) is 29.4 Å². The maximum Gasteiger partial charge on any atom is 0.195 e. The highest BCUT2D eigenvalue weighted by Crippen LogP contribution is 2.11. The Morgan fingerprint density at radius 2 is 2.07 bits per heavy atom. The second-order valence-electron chi connectivity index (χ2n) is 3.41. The molecule has 3 heteroatoms. The topological polar surface area (TPSA) is 50.4 Å². The molecule has 2 rings (SSSR count). The average Bonchev–Trinajstić information content (AvgIpc) is 2.29. The Labute approximate surface area is 87.0 Å². The van der Waals surface area contributed by atoms with E-state index in [2.05, 4.69) is 0 Å². The van der Waals surface area contributed by atoms with Crippen molar-refractivity contribution in [3.63, 3.8) is 0 Å². The number of aliphatic hydroxyl groups is 1. The van der Waals surface area contributed by atoms with Gasteiger partial charge in [-0.25, -0.2) is 0 Å². The molecule has 0 saturated carbocycles. The summed E-state index contributed by atoms with van der Waals surface area (Å²) in [6.07, 6.45) is 2.63. The van der Waals surface area contributed by atoms with Crippen molar-refractivity contribution in [1.82, 2.24) is 0 Å². The first kappa shape index (κ1) is 9.93. The van der Waals surface area contributed by atoms with Crippen LogP contribution in [0.2, 0.25) is 0 Å². The van der Waals surface area contributed by atoms with Crippen LogP contribution in [-0.2, 0) is 6.42 Å². The van der Waals surface area contributed by atoms with Crippen molar-refractivity contribution in [3.05, 3.63) is 46.3 Å². The van der Waals surface area contributed by atoms with Gasteiger partial charge < -0.3 is 9.52 Å². The second kappa shape index (κ2) is 4.28. The Kier molecular flexibility index (Phi) is 2.83. The molecule has 15 heavy (non-hydrogen) atoms. The molecule has 0 saturated heterocycles. The van der Waals surface area contributed by atoms with Gasteiger partial charge in [-0.2, -0.15) is 0 Å². The van der Waals surface area contributed by atoms with E-state index in [1.54, 1.807) is 12.1 Å². The number of hydrogen-bond donors (Lipinski definition) is 1. The second-order valence-corrected chi connectivity index (χ2v) is 3.41. The van der Waals surface area contributed by atoms with Gasteiger partial charge in [-0.15, -0.1) is 0 Å². The van der Waals surface area contributed by atoms with E-state index >= 15 is 0 Å². The minimum Gasteiger partial charge on any atom is -0.464 e. The first-order valence-corrected chi connectivity index (χ1v) is 4.93. The van der Waals surface area contributed by atoms with Crippen LogP contribution in [0.4, 0.5) is 0 Å². The van der Waals surface area contributed by atoms with Gasteiger partial charge in [0, 0.05) is 12.2 Å². The van der Waals surface area contributed by atoms with Crippen LogP contribution in [0, 0.1) is 0 Å². The summed E-state index contributed by atoms with van der Waals surface area (Å²) in [7, 11) is 0. The van der Waals surface area contributed by atoms with Crippen LogP contribution < -0.4 is 5.43 Å². The van der Waals surface area contributed by atoms with Gasteiger partial charge in [-0.05, 0) is 25.0 Å². The zero-order chi connectivity index (χ0) is 10.7. The number of aliphatic hydroxyl groups excluding tert-OH is 1. The molecule has 0 atom stereocenters. The Morgan fingerprint density at radius 1 is 1.27 bits per heavy atom. The maximum absolute atomic E-state index is 11.9. The van der Waals surface area contributed by atoms with Gasteiger partial charge in [0.2, 0.25) is 0 Å². The Balaban J connectivity index is 2.51. The van der Waals surface area contributed by atoms with Crippen LogP contribution in [0.3, 0.4) is 0 Å². The molecule has 0 aliphatic heterocycles. The van der Waals surface area contributed by atoms with E-state index in [4.69, 9.17) is 9.52 Å². The number of aryl methyl sites for hydroxylation is 1. The van der Waals surface area contributed by atoms with E-state index in [0.717, 1.165) is 0 Å². The lowest BCUT2D eigenvalue weighted by atomic mass is 10.1. The van der Waals surface area contributed by atoms with Crippen molar-refractivity contribution in [3.8, 4) is 0 Å². The van der Waals surface area contributed by atoms with Crippen molar-refractivity contribution in [2.75, 3.05) is 6.61 Å². The van der Waals surface area contributed by atoms with Crippen LogP contribution in [0.25, 0.3) is 11.0 Å². The molecule has 1 heterocycles. The van der Waals surface area contributed by atoms with Gasteiger partial charge in [-0.1, -0.05) is 12.1 Å². The normalized spacial score (nSPS) is 10.7. The predicted molar refractivity (Wildman–Crippen MR) is 57.9 cm³/mol. The molecular weight excluding hydrogens is 192 g/mol. The van der Waals surface area contributed by atoms with Crippen LogP contribution in [0.1, 0.15) is 12.0 Å². The number of fused-ring (bicyclic) bond motifs is 1. The molecule has 1 aromatic carbocycles. The molecule has 0 radical (unpaired) electrons. The monoisotopic (exact) mass is 204 g/mol. The Bertz CT molecular complexity index is 514. The number of hydrogen-bond acceptors (Lipinski definition) is 3. The largest absolute Gasteiger partial charge is 0.464 e. The summed E-state index contributed by atoms with van der Waals surface area (Å²) in [6.45, 7) is 0.0896. The molecule has 0 unspecified atom stereocenters. The van der Waals surface area contributed by atoms with Crippen molar-refractivity contribution in [2.24, 2.45) is 0 Å². The van der Waals surface area contributed by atoms with E-state index in [1.807, 2.05) is 12.1 Å². The molecule has 0 amide bonds. The van der Waals surface area contributed by atoms with E-state index in [1.165, 1.54) is 6.26 Å². The maximum atomic E-state index is 11.9. The first-order chi connectivity index (χ1) is 7.33. The lowest BCUT2D eigenvalue weighted by molar-refractivity contribution is 0.288. The lowest BCUT2D eigenvalue weighted by Crippen LogP contribution is -2.09. The number of benzene rings is 1. The number of para-hydroxylation sites is 1. The number of rotatable bonds is 3. The smallest absolute Gasteiger partial charge is 0.195 e. The van der Waals surface area contributed by atoms with Crippen molar-refractivity contribution in [2.45, 2.75) is 12.8 Å². The summed E-state index contributed by atoms with van der Waals surface area (Å²) in [5.41, 5.74) is 1.24. The molecular formula is C12H12O3. The van der Waals surface area contributed by atoms with Crippen molar-refractivity contribution in [1.29, 1.82) is 0 Å². The standard InChI is InChI=1S/C12H12O3/c13-7-3-4-9-8-15-11-6-2-1-5-10(11)12(9)14/h1-2,5-6,8,13H,3-4,7H2. The zero-order valence-electron chi connectivity index (χ0n) is 8.27. The van der Waals surface area contributed by atoms with Gasteiger partial charge in [0.25, 0.3) is 0 Å². The summed E-state index contributed by atoms with van der Waals surface area (Å²) < 4.78 is 5.34. The van der Waals surface area contributed by atoms with Crippen LogP contribution in [0.5, 0.6) is 0 Å². The minimum absolute atomic E-state index is 0.00491. The molecule has 78 valence electrons. The van der Waals surface area contributed by atoms with E-state index < -0.39 is 0 Å². The third kappa shape index (κ3) is 1.92. The molecule has 0 spiro atoms. The summed E-state index contributed by atoms with van der Waals surface area (Å²) in [5.74, 6) is 0. The SMILES string of the molecule is O=c1c(CCCO)coc2ccccc12. The molecule has 1 aromatic heterocycles. The van der Waals surface area contributed by atoms with Crippen molar-refractivity contribution >= 4 is 11.0 Å². The molecule has 0 fully saturated rings. The third-order valence-electron chi connectivity index (χ3n) is 2.36.